The van der Waals surface area contributed by atoms with Crippen LogP contribution in [0.3, 0.4) is 0 Å². The molecule has 0 fully saturated rings. The third-order valence-electron chi connectivity index (χ3n) is 4.66. The number of esters is 1. The van der Waals surface area contributed by atoms with E-state index < -0.39 is 24.2 Å². The Morgan fingerprint density at radius 1 is 1.29 bits per heavy atom. The van der Waals surface area contributed by atoms with Gasteiger partial charge in [0.05, 0.1) is 30.8 Å². The van der Waals surface area contributed by atoms with Crippen molar-refractivity contribution >= 4 is 23.2 Å². The molecule has 0 bridgehead atoms. The standard InChI is InChI=1S/C21H21N5O7S/c1-3-30-19(28)6-7-25(10-14-5-4-8-31-14)18(27)11-26-21(29)32-20(23-26)15-9-17(33-24-15)16-12-34-13(2)22-16/h4-5,8-9,12H,3,6-7,10-11H2,1-2H3. The van der Waals surface area contributed by atoms with Gasteiger partial charge in [0.25, 0.3) is 5.89 Å². The largest absolute Gasteiger partial charge is 0.467 e. The highest BCUT2D eigenvalue weighted by atomic mass is 32.1. The molecular formula is C21H21N5O7S. The molecule has 34 heavy (non-hydrogen) atoms. The summed E-state index contributed by atoms with van der Waals surface area (Å²) in [5.74, 6) is -0.891. The van der Waals surface area contributed by atoms with Gasteiger partial charge in [0, 0.05) is 18.0 Å². The molecule has 0 atom stereocenters. The first-order chi connectivity index (χ1) is 16.4. The Kier molecular flexibility index (Phi) is 7.01. The van der Waals surface area contributed by atoms with Crippen molar-refractivity contribution in [3.8, 4) is 23.0 Å². The minimum absolute atomic E-state index is 0.00291. The first-order valence-electron chi connectivity index (χ1n) is 10.4. The summed E-state index contributed by atoms with van der Waals surface area (Å²) >= 11 is 1.46. The van der Waals surface area contributed by atoms with Gasteiger partial charge in [-0.3, -0.25) is 9.59 Å². The molecule has 4 aromatic heterocycles. The molecule has 0 aliphatic rings. The van der Waals surface area contributed by atoms with E-state index in [4.69, 9.17) is 18.1 Å². The number of aromatic nitrogens is 4. The molecule has 0 radical (unpaired) electrons. The average Bonchev–Trinajstić information content (AvgIpc) is 3.60. The first kappa shape index (κ1) is 23.2. The summed E-state index contributed by atoms with van der Waals surface area (Å²) in [6.45, 7) is 3.61. The second-order valence-corrected chi connectivity index (χ2v) is 8.17. The number of hydrogen-bond acceptors (Lipinski definition) is 11. The fourth-order valence-corrected chi connectivity index (χ4v) is 3.66. The van der Waals surface area contributed by atoms with Gasteiger partial charge in [-0.1, -0.05) is 5.16 Å². The summed E-state index contributed by atoms with van der Waals surface area (Å²) in [5.41, 5.74) is 0.798. The van der Waals surface area contributed by atoms with Gasteiger partial charge >= 0.3 is 11.7 Å². The maximum absolute atomic E-state index is 12.9. The quantitative estimate of drug-likeness (QED) is 0.306. The third kappa shape index (κ3) is 5.49. The molecule has 0 aliphatic carbocycles. The van der Waals surface area contributed by atoms with Crippen molar-refractivity contribution < 1.29 is 27.7 Å². The van der Waals surface area contributed by atoms with E-state index in [0.29, 0.717) is 17.2 Å². The highest BCUT2D eigenvalue weighted by Crippen LogP contribution is 2.25. The van der Waals surface area contributed by atoms with Gasteiger partial charge in [-0.25, -0.2) is 9.78 Å². The summed E-state index contributed by atoms with van der Waals surface area (Å²) in [6.07, 6.45) is 1.48. The number of rotatable bonds is 10. The van der Waals surface area contributed by atoms with Crippen LogP contribution in [0.1, 0.15) is 24.1 Å². The van der Waals surface area contributed by atoms with Crippen LogP contribution in [-0.4, -0.2) is 49.8 Å². The van der Waals surface area contributed by atoms with Crippen molar-refractivity contribution in [2.45, 2.75) is 33.4 Å². The van der Waals surface area contributed by atoms with Crippen molar-refractivity contribution in [1.82, 2.24) is 24.8 Å². The molecule has 0 saturated carbocycles. The van der Waals surface area contributed by atoms with Crippen molar-refractivity contribution in [2.75, 3.05) is 13.2 Å². The van der Waals surface area contributed by atoms with Gasteiger partial charge in [-0.05, 0) is 26.0 Å². The predicted octanol–water partition coefficient (Wildman–Crippen LogP) is 2.50. The van der Waals surface area contributed by atoms with Crippen LogP contribution in [0.4, 0.5) is 0 Å². The van der Waals surface area contributed by atoms with E-state index in [1.54, 1.807) is 25.1 Å². The summed E-state index contributed by atoms with van der Waals surface area (Å²) in [5, 5.41) is 10.6. The van der Waals surface area contributed by atoms with Crippen LogP contribution < -0.4 is 5.76 Å². The molecule has 0 unspecified atom stereocenters. The van der Waals surface area contributed by atoms with E-state index in [1.165, 1.54) is 22.5 Å². The Morgan fingerprint density at radius 3 is 2.85 bits per heavy atom. The highest BCUT2D eigenvalue weighted by molar-refractivity contribution is 7.09. The summed E-state index contributed by atoms with van der Waals surface area (Å²) in [4.78, 5) is 42.7. The zero-order chi connectivity index (χ0) is 24.1. The summed E-state index contributed by atoms with van der Waals surface area (Å²) in [7, 11) is 0. The number of amides is 1. The van der Waals surface area contributed by atoms with E-state index in [1.807, 2.05) is 12.3 Å². The van der Waals surface area contributed by atoms with Crippen molar-refractivity contribution in [1.29, 1.82) is 0 Å². The fraction of sp³-hybridized carbons (Fsp3) is 0.333. The number of furan rings is 1. The Bertz CT molecular complexity index is 1320. The van der Waals surface area contributed by atoms with Crippen LogP contribution in [0.15, 0.2) is 48.0 Å². The average molecular weight is 487 g/mol. The van der Waals surface area contributed by atoms with Gasteiger partial charge < -0.3 is 23.0 Å². The van der Waals surface area contributed by atoms with Gasteiger partial charge in [0.2, 0.25) is 5.91 Å². The molecule has 13 heteroatoms. The Labute approximate surface area is 196 Å². The van der Waals surface area contributed by atoms with Crippen LogP contribution in [0.5, 0.6) is 0 Å². The molecular weight excluding hydrogens is 466 g/mol. The van der Waals surface area contributed by atoms with Crippen molar-refractivity contribution in [2.24, 2.45) is 0 Å². The molecule has 1 amide bonds. The van der Waals surface area contributed by atoms with E-state index in [2.05, 4.69) is 15.2 Å². The zero-order valence-corrected chi connectivity index (χ0v) is 19.2. The van der Waals surface area contributed by atoms with E-state index in [-0.39, 0.29) is 37.7 Å². The maximum atomic E-state index is 12.9. The van der Waals surface area contributed by atoms with E-state index in [9.17, 15) is 14.4 Å². The number of thiazole rings is 1. The molecule has 0 aromatic carbocycles. The van der Waals surface area contributed by atoms with Crippen molar-refractivity contribution in [3.05, 3.63) is 51.2 Å². The molecule has 4 heterocycles. The second kappa shape index (κ2) is 10.3. The van der Waals surface area contributed by atoms with Crippen LogP contribution in [0, 0.1) is 6.92 Å². The topological polar surface area (TPSA) is 147 Å². The minimum atomic E-state index is -0.833. The van der Waals surface area contributed by atoms with E-state index in [0.717, 1.165) is 9.69 Å². The van der Waals surface area contributed by atoms with Crippen LogP contribution in [0.25, 0.3) is 23.0 Å². The fourth-order valence-electron chi connectivity index (χ4n) is 3.05. The number of ether oxygens (including phenoxy) is 1. The number of carbonyl (C=O) groups excluding carboxylic acids is 2. The SMILES string of the molecule is CCOC(=O)CCN(Cc1ccco1)C(=O)Cn1nc(-c2cc(-c3csc(C)n3)on2)oc1=O. The normalized spacial score (nSPS) is 11.0. The molecule has 0 spiro atoms. The molecule has 4 rings (SSSR count). The molecule has 4 aromatic rings. The summed E-state index contributed by atoms with van der Waals surface area (Å²) < 4.78 is 21.6. The Hall–Kier alpha value is -4.00. The van der Waals surface area contributed by atoms with Crippen molar-refractivity contribution in [3.63, 3.8) is 0 Å². The number of aryl methyl sites for hydroxylation is 1. The molecule has 0 aliphatic heterocycles. The smallest absolute Gasteiger partial charge is 0.437 e. The van der Waals surface area contributed by atoms with Gasteiger partial charge in [0.1, 0.15) is 18.0 Å². The molecule has 0 saturated heterocycles. The second-order valence-electron chi connectivity index (χ2n) is 7.11. The lowest BCUT2D eigenvalue weighted by Crippen LogP contribution is -2.37. The molecule has 178 valence electrons. The predicted molar refractivity (Wildman–Crippen MR) is 117 cm³/mol. The lowest BCUT2D eigenvalue weighted by molar-refractivity contribution is -0.144. The van der Waals surface area contributed by atoms with Crippen LogP contribution in [0.2, 0.25) is 0 Å². The van der Waals surface area contributed by atoms with Gasteiger partial charge in [0.15, 0.2) is 11.5 Å². The van der Waals surface area contributed by atoms with Crippen LogP contribution >= 0.6 is 11.3 Å². The van der Waals surface area contributed by atoms with Gasteiger partial charge in [-0.2, -0.15) is 4.68 Å². The number of carbonyl (C=O) groups is 2. The molecule has 12 nitrogen and oxygen atoms in total. The maximum Gasteiger partial charge on any atom is 0.437 e. The highest BCUT2D eigenvalue weighted by Gasteiger charge is 2.22. The first-order valence-corrected chi connectivity index (χ1v) is 11.2. The third-order valence-corrected chi connectivity index (χ3v) is 5.44. The van der Waals surface area contributed by atoms with Crippen LogP contribution in [-0.2, 0) is 27.4 Å². The minimum Gasteiger partial charge on any atom is -0.467 e. The number of nitrogens with zero attached hydrogens (tertiary/aromatic N) is 5. The zero-order valence-electron chi connectivity index (χ0n) is 18.4. The monoisotopic (exact) mass is 487 g/mol. The Balaban J connectivity index is 1.48. The molecule has 0 N–H and O–H groups in total. The lowest BCUT2D eigenvalue weighted by Gasteiger charge is -2.21. The Morgan fingerprint density at radius 2 is 2.15 bits per heavy atom. The summed E-state index contributed by atoms with van der Waals surface area (Å²) in [6, 6.07) is 4.95. The van der Waals surface area contributed by atoms with E-state index >= 15 is 0 Å². The number of hydrogen-bond donors (Lipinski definition) is 0. The lowest BCUT2D eigenvalue weighted by atomic mass is 10.3. The van der Waals surface area contributed by atoms with Gasteiger partial charge in [-0.15, -0.1) is 16.4 Å².